The maximum absolute atomic E-state index is 13.9. The number of ether oxygens (including phenoxy) is 1. The number of halogens is 2. The molecule has 7 nitrogen and oxygen atoms in total. The number of hydrogen-bond acceptors (Lipinski definition) is 4. The molecular weight excluding hydrogens is 386 g/mol. The van der Waals surface area contributed by atoms with Crippen molar-refractivity contribution in [1.29, 1.82) is 0 Å². The molecule has 0 radical (unpaired) electrons. The largest absolute Gasteiger partial charge is 0.479 e. The number of carbonyl (C=O) groups is 3. The summed E-state index contributed by atoms with van der Waals surface area (Å²) in [5, 5.41) is 11.5. The monoisotopic (exact) mass is 404 g/mol. The van der Waals surface area contributed by atoms with Crippen molar-refractivity contribution in [1.82, 2.24) is 5.32 Å². The Balaban J connectivity index is 1.71. The number of para-hydroxylation sites is 2. The molecule has 2 atom stereocenters. The highest BCUT2D eigenvalue weighted by molar-refractivity contribution is 6.00. The number of anilines is 1. The number of carbonyl (C=O) groups excluding carboxylic acids is 2. The molecule has 3 rings (SSSR count). The average Bonchev–Trinajstić information content (AvgIpc) is 2.67. The zero-order chi connectivity index (χ0) is 21.1. The molecule has 2 aromatic rings. The molecule has 0 aromatic heterocycles. The van der Waals surface area contributed by atoms with Gasteiger partial charge in [-0.25, -0.2) is 13.6 Å². The van der Waals surface area contributed by atoms with Crippen molar-refractivity contribution in [2.24, 2.45) is 0 Å². The molecule has 0 unspecified atom stereocenters. The van der Waals surface area contributed by atoms with Crippen LogP contribution in [0.2, 0.25) is 0 Å². The number of fused-ring (bicyclic) bond motifs is 1. The second-order valence-corrected chi connectivity index (χ2v) is 6.47. The molecule has 0 spiro atoms. The topological polar surface area (TPSA) is 95.9 Å². The molecular formula is C20H18F2N2O5. The van der Waals surface area contributed by atoms with Gasteiger partial charge in [-0.1, -0.05) is 18.2 Å². The quantitative estimate of drug-likeness (QED) is 0.771. The molecule has 9 heteroatoms. The van der Waals surface area contributed by atoms with E-state index < -0.39 is 35.7 Å². The first-order valence-electron chi connectivity index (χ1n) is 8.82. The number of nitrogens with zero attached hydrogens (tertiary/aromatic N) is 1. The lowest BCUT2D eigenvalue weighted by molar-refractivity contribution is -0.142. The number of benzene rings is 2. The van der Waals surface area contributed by atoms with Crippen LogP contribution in [-0.2, 0) is 14.4 Å². The minimum atomic E-state index is -1.69. The van der Waals surface area contributed by atoms with Gasteiger partial charge in [0.1, 0.15) is 17.4 Å². The SMILES string of the molecule is C[C@H]1Oc2ccccc2N(CCC(=O)N[C@@H](C(=O)O)c2ccc(F)cc2F)C1=O. The van der Waals surface area contributed by atoms with Gasteiger partial charge in [0, 0.05) is 24.6 Å². The van der Waals surface area contributed by atoms with Crippen molar-refractivity contribution in [2.75, 3.05) is 11.4 Å². The van der Waals surface area contributed by atoms with Crippen molar-refractivity contribution >= 4 is 23.5 Å². The van der Waals surface area contributed by atoms with Crippen LogP contribution in [0.3, 0.4) is 0 Å². The van der Waals surface area contributed by atoms with E-state index in [1.54, 1.807) is 31.2 Å². The van der Waals surface area contributed by atoms with E-state index in [2.05, 4.69) is 5.32 Å². The summed E-state index contributed by atoms with van der Waals surface area (Å²) in [6, 6.07) is 7.57. The third kappa shape index (κ3) is 4.34. The number of rotatable bonds is 6. The third-order valence-corrected chi connectivity index (χ3v) is 4.46. The number of carboxylic acid groups (broad SMARTS) is 1. The predicted molar refractivity (Wildman–Crippen MR) is 98.4 cm³/mol. The maximum Gasteiger partial charge on any atom is 0.331 e. The molecule has 152 valence electrons. The number of hydrogen-bond donors (Lipinski definition) is 2. The minimum absolute atomic E-state index is 0.0202. The Morgan fingerprint density at radius 2 is 1.97 bits per heavy atom. The number of nitrogens with one attached hydrogen (secondary N) is 1. The van der Waals surface area contributed by atoms with Crippen LogP contribution in [-0.4, -0.2) is 35.5 Å². The lowest BCUT2D eigenvalue weighted by atomic mass is 10.1. The Bertz CT molecular complexity index is 966. The van der Waals surface area contributed by atoms with E-state index in [0.717, 1.165) is 12.1 Å². The van der Waals surface area contributed by atoms with Gasteiger partial charge < -0.3 is 20.1 Å². The van der Waals surface area contributed by atoms with Gasteiger partial charge in [0.25, 0.3) is 5.91 Å². The molecule has 2 amide bonds. The lowest BCUT2D eigenvalue weighted by Gasteiger charge is -2.32. The van der Waals surface area contributed by atoms with E-state index in [0.29, 0.717) is 17.5 Å². The zero-order valence-corrected chi connectivity index (χ0v) is 15.4. The van der Waals surface area contributed by atoms with Crippen LogP contribution in [0, 0.1) is 11.6 Å². The van der Waals surface area contributed by atoms with Crippen LogP contribution >= 0.6 is 0 Å². The smallest absolute Gasteiger partial charge is 0.331 e. The second-order valence-electron chi connectivity index (χ2n) is 6.47. The van der Waals surface area contributed by atoms with Gasteiger partial charge >= 0.3 is 5.97 Å². The summed E-state index contributed by atoms with van der Waals surface area (Å²) >= 11 is 0. The fourth-order valence-corrected chi connectivity index (χ4v) is 3.04. The first-order valence-corrected chi connectivity index (χ1v) is 8.82. The lowest BCUT2D eigenvalue weighted by Crippen LogP contribution is -2.46. The Morgan fingerprint density at radius 1 is 1.24 bits per heavy atom. The van der Waals surface area contributed by atoms with Crippen LogP contribution in [0.4, 0.5) is 14.5 Å². The van der Waals surface area contributed by atoms with Gasteiger partial charge in [0.05, 0.1) is 5.69 Å². The standard InChI is InChI=1S/C20H18F2N2O5/c1-11-19(26)24(15-4-2-3-5-16(15)29-11)9-8-17(25)23-18(20(27)28)13-7-6-12(21)10-14(13)22/h2-7,10-11,18H,8-9H2,1H3,(H,23,25)(H,27,28)/t11-,18-/m1/s1. The normalized spacial score (nSPS) is 16.6. The van der Waals surface area contributed by atoms with Gasteiger partial charge in [-0.05, 0) is 25.1 Å². The molecule has 1 heterocycles. The zero-order valence-electron chi connectivity index (χ0n) is 15.4. The van der Waals surface area contributed by atoms with Gasteiger partial charge in [-0.15, -0.1) is 0 Å². The van der Waals surface area contributed by atoms with Crippen molar-refractivity contribution in [3.05, 3.63) is 59.7 Å². The molecule has 2 aromatic carbocycles. The molecule has 0 saturated carbocycles. The summed E-state index contributed by atoms with van der Waals surface area (Å²) in [7, 11) is 0. The van der Waals surface area contributed by atoms with Crippen molar-refractivity contribution < 1.29 is 33.0 Å². The van der Waals surface area contributed by atoms with Crippen LogP contribution in [0.25, 0.3) is 0 Å². The van der Waals surface area contributed by atoms with E-state index in [4.69, 9.17) is 4.74 Å². The summed E-state index contributed by atoms with van der Waals surface area (Å²) < 4.78 is 32.5. The Kier molecular flexibility index (Phi) is 5.76. The number of aliphatic carboxylic acids is 1. The van der Waals surface area contributed by atoms with Gasteiger partial charge in [-0.2, -0.15) is 0 Å². The summed E-state index contributed by atoms with van der Waals surface area (Å²) in [5.41, 5.74) is 0.136. The van der Waals surface area contributed by atoms with E-state index in [-0.39, 0.29) is 24.4 Å². The first kappa shape index (κ1) is 20.2. The van der Waals surface area contributed by atoms with Gasteiger partial charge in [0.2, 0.25) is 5.91 Å². The molecule has 0 saturated heterocycles. The Hall–Kier alpha value is -3.49. The fourth-order valence-electron chi connectivity index (χ4n) is 3.04. The molecule has 0 bridgehead atoms. The predicted octanol–water partition coefficient (Wildman–Crippen LogP) is 2.41. The van der Waals surface area contributed by atoms with Crippen molar-refractivity contribution in [2.45, 2.75) is 25.5 Å². The molecule has 1 aliphatic heterocycles. The first-order chi connectivity index (χ1) is 13.8. The summed E-state index contributed by atoms with van der Waals surface area (Å²) in [6.07, 6.45) is -0.951. The average molecular weight is 404 g/mol. The molecule has 0 aliphatic carbocycles. The summed E-state index contributed by atoms with van der Waals surface area (Å²) in [5.74, 6) is -3.98. The summed E-state index contributed by atoms with van der Waals surface area (Å²) in [4.78, 5) is 37.6. The van der Waals surface area contributed by atoms with E-state index >= 15 is 0 Å². The van der Waals surface area contributed by atoms with Crippen molar-refractivity contribution in [3.8, 4) is 5.75 Å². The molecule has 0 fully saturated rings. The summed E-state index contributed by atoms with van der Waals surface area (Å²) in [6.45, 7) is 1.57. The van der Waals surface area contributed by atoms with Crippen LogP contribution in [0.5, 0.6) is 5.75 Å². The highest BCUT2D eigenvalue weighted by Gasteiger charge is 2.32. The van der Waals surface area contributed by atoms with Crippen molar-refractivity contribution in [3.63, 3.8) is 0 Å². The minimum Gasteiger partial charge on any atom is -0.479 e. The highest BCUT2D eigenvalue weighted by atomic mass is 19.1. The molecule has 1 aliphatic rings. The van der Waals surface area contributed by atoms with Gasteiger partial charge in [0.15, 0.2) is 12.1 Å². The van der Waals surface area contributed by atoms with Crippen LogP contribution in [0.1, 0.15) is 24.9 Å². The Labute approximate surface area is 164 Å². The van der Waals surface area contributed by atoms with Crippen LogP contribution in [0.15, 0.2) is 42.5 Å². The highest BCUT2D eigenvalue weighted by Crippen LogP contribution is 2.33. The number of carboxylic acids is 1. The molecule has 2 N–H and O–H groups in total. The van der Waals surface area contributed by atoms with E-state index in [9.17, 15) is 28.3 Å². The van der Waals surface area contributed by atoms with Gasteiger partial charge in [-0.3, -0.25) is 9.59 Å². The van der Waals surface area contributed by atoms with E-state index in [1.807, 2.05) is 0 Å². The maximum atomic E-state index is 13.9. The third-order valence-electron chi connectivity index (χ3n) is 4.46. The fraction of sp³-hybridized carbons (Fsp3) is 0.250. The second kappa shape index (κ2) is 8.26. The number of amides is 2. The van der Waals surface area contributed by atoms with Crippen LogP contribution < -0.4 is 15.0 Å². The molecule has 29 heavy (non-hydrogen) atoms. The van der Waals surface area contributed by atoms with E-state index in [1.165, 1.54) is 4.90 Å². The Morgan fingerprint density at radius 3 is 2.66 bits per heavy atom.